The summed E-state index contributed by atoms with van der Waals surface area (Å²) in [4.78, 5) is 14.1. The zero-order valence-electron chi connectivity index (χ0n) is 15.8. The molecule has 3 rings (SSSR count). The molecule has 2 atom stereocenters. The van der Waals surface area contributed by atoms with Crippen LogP contribution in [0.2, 0.25) is 0 Å². The Balaban J connectivity index is 1.56. The van der Waals surface area contributed by atoms with Crippen LogP contribution in [0.4, 0.5) is 0 Å². The molecule has 27 heavy (non-hydrogen) atoms. The molecule has 0 aromatic heterocycles. The summed E-state index contributed by atoms with van der Waals surface area (Å²) in [7, 11) is -3.52. The molecule has 2 saturated heterocycles. The van der Waals surface area contributed by atoms with Gasteiger partial charge in [0.1, 0.15) is 0 Å². The van der Waals surface area contributed by atoms with Crippen LogP contribution in [0.5, 0.6) is 0 Å². The first-order valence-corrected chi connectivity index (χ1v) is 10.7. The van der Waals surface area contributed by atoms with Gasteiger partial charge in [-0.1, -0.05) is 30.3 Å². The first-order valence-electron chi connectivity index (χ1n) is 9.29. The Hall–Kier alpha value is -1.74. The molecular weight excluding hydrogens is 366 g/mol. The maximum atomic E-state index is 12.9. The highest BCUT2D eigenvalue weighted by molar-refractivity contribution is 7.86. The van der Waals surface area contributed by atoms with Gasteiger partial charge in [0.25, 0.3) is 10.2 Å². The Morgan fingerprint density at radius 2 is 1.59 bits per heavy atom. The van der Waals surface area contributed by atoms with Crippen molar-refractivity contribution >= 4 is 22.2 Å². The van der Waals surface area contributed by atoms with Gasteiger partial charge in [-0.05, 0) is 25.5 Å². The van der Waals surface area contributed by atoms with Crippen molar-refractivity contribution < 1.29 is 17.9 Å². The Morgan fingerprint density at radius 1 is 1.00 bits per heavy atom. The van der Waals surface area contributed by atoms with Gasteiger partial charge < -0.3 is 9.64 Å². The highest BCUT2D eigenvalue weighted by Crippen LogP contribution is 2.19. The molecule has 0 saturated carbocycles. The molecule has 1 aromatic rings. The van der Waals surface area contributed by atoms with E-state index in [1.807, 2.05) is 44.2 Å². The summed E-state index contributed by atoms with van der Waals surface area (Å²) in [6.07, 6.45) is 3.09. The number of nitrogens with zero attached hydrogens (tertiary/aromatic N) is 3. The number of hydrogen-bond acceptors (Lipinski definition) is 4. The minimum absolute atomic E-state index is 0.0930. The van der Waals surface area contributed by atoms with E-state index in [0.717, 1.165) is 5.56 Å². The third-order valence-corrected chi connectivity index (χ3v) is 6.78. The van der Waals surface area contributed by atoms with E-state index in [-0.39, 0.29) is 18.1 Å². The van der Waals surface area contributed by atoms with Crippen molar-refractivity contribution in [1.82, 2.24) is 13.5 Å². The van der Waals surface area contributed by atoms with E-state index in [1.54, 1.807) is 17.1 Å². The van der Waals surface area contributed by atoms with Crippen molar-refractivity contribution in [1.29, 1.82) is 0 Å². The Labute approximate surface area is 161 Å². The van der Waals surface area contributed by atoms with E-state index in [1.165, 1.54) is 8.61 Å². The second-order valence-electron chi connectivity index (χ2n) is 7.05. The number of carbonyl (C=O) groups is 1. The first-order chi connectivity index (χ1) is 12.9. The number of carbonyl (C=O) groups excluding carboxylic acids is 1. The third kappa shape index (κ3) is 4.95. The number of rotatable bonds is 4. The van der Waals surface area contributed by atoms with Crippen molar-refractivity contribution in [3.63, 3.8) is 0 Å². The number of benzene rings is 1. The smallest absolute Gasteiger partial charge is 0.282 e. The predicted molar refractivity (Wildman–Crippen MR) is 104 cm³/mol. The average molecular weight is 394 g/mol. The molecule has 2 aliphatic heterocycles. The zero-order chi connectivity index (χ0) is 19.4. The molecule has 2 unspecified atom stereocenters. The van der Waals surface area contributed by atoms with Crippen LogP contribution >= 0.6 is 0 Å². The van der Waals surface area contributed by atoms with E-state index >= 15 is 0 Å². The minimum Gasteiger partial charge on any atom is -0.373 e. The second kappa shape index (κ2) is 8.52. The van der Waals surface area contributed by atoms with Gasteiger partial charge in [-0.2, -0.15) is 17.0 Å². The molecule has 0 aliphatic carbocycles. The van der Waals surface area contributed by atoms with Gasteiger partial charge in [0.2, 0.25) is 5.91 Å². The van der Waals surface area contributed by atoms with E-state index < -0.39 is 10.2 Å². The lowest BCUT2D eigenvalue weighted by Gasteiger charge is -2.40. The normalized spacial score (nSPS) is 25.8. The molecular formula is C19H27N3O4S. The highest BCUT2D eigenvalue weighted by Gasteiger charge is 2.37. The van der Waals surface area contributed by atoms with E-state index in [4.69, 9.17) is 4.74 Å². The van der Waals surface area contributed by atoms with Gasteiger partial charge in [-0.25, -0.2) is 0 Å². The number of morpholine rings is 1. The number of hydrogen-bond donors (Lipinski definition) is 0. The lowest BCUT2D eigenvalue weighted by atomic mass is 10.2. The van der Waals surface area contributed by atoms with Crippen molar-refractivity contribution in [3.05, 3.63) is 42.0 Å². The summed E-state index contributed by atoms with van der Waals surface area (Å²) >= 11 is 0. The summed E-state index contributed by atoms with van der Waals surface area (Å²) in [5.41, 5.74) is 0.961. The molecule has 2 heterocycles. The van der Waals surface area contributed by atoms with Gasteiger partial charge >= 0.3 is 0 Å². The van der Waals surface area contributed by atoms with Crippen LogP contribution in [0.25, 0.3) is 6.08 Å². The summed E-state index contributed by atoms with van der Waals surface area (Å²) in [6, 6.07) is 9.62. The molecule has 1 aromatic carbocycles. The monoisotopic (exact) mass is 393 g/mol. The molecule has 1 amide bonds. The number of piperazine rings is 1. The molecule has 0 N–H and O–H groups in total. The van der Waals surface area contributed by atoms with E-state index in [0.29, 0.717) is 39.3 Å². The summed E-state index contributed by atoms with van der Waals surface area (Å²) in [6.45, 7) is 5.92. The molecule has 2 aliphatic rings. The number of ether oxygens (including phenoxy) is 1. The van der Waals surface area contributed by atoms with Crippen molar-refractivity contribution in [2.75, 3.05) is 39.3 Å². The van der Waals surface area contributed by atoms with Crippen molar-refractivity contribution in [3.8, 4) is 0 Å². The van der Waals surface area contributed by atoms with Gasteiger partial charge in [0.15, 0.2) is 0 Å². The van der Waals surface area contributed by atoms with Gasteiger partial charge in [-0.3, -0.25) is 4.79 Å². The van der Waals surface area contributed by atoms with Crippen LogP contribution in [-0.4, -0.2) is 79.3 Å². The van der Waals surface area contributed by atoms with Gasteiger partial charge in [0, 0.05) is 45.3 Å². The maximum absolute atomic E-state index is 12.9. The van der Waals surface area contributed by atoms with E-state index in [2.05, 4.69) is 0 Å². The topological polar surface area (TPSA) is 70.2 Å². The van der Waals surface area contributed by atoms with Crippen LogP contribution in [0.1, 0.15) is 19.4 Å². The fraction of sp³-hybridized carbons (Fsp3) is 0.526. The highest BCUT2D eigenvalue weighted by atomic mass is 32.2. The Morgan fingerprint density at radius 3 is 2.19 bits per heavy atom. The molecule has 7 nitrogen and oxygen atoms in total. The quantitative estimate of drug-likeness (QED) is 0.721. The molecule has 2 fully saturated rings. The SMILES string of the molecule is CC1CN(S(=O)(=O)N2CCN(C(=O)C=Cc3ccccc3)CC2)CC(C)O1. The van der Waals surface area contributed by atoms with Crippen LogP contribution < -0.4 is 0 Å². The predicted octanol–water partition coefficient (Wildman–Crippen LogP) is 1.20. The molecule has 0 spiro atoms. The van der Waals surface area contributed by atoms with Crippen molar-refractivity contribution in [2.24, 2.45) is 0 Å². The van der Waals surface area contributed by atoms with Crippen LogP contribution in [-0.2, 0) is 19.7 Å². The largest absolute Gasteiger partial charge is 0.373 e. The third-order valence-electron chi connectivity index (χ3n) is 4.81. The van der Waals surface area contributed by atoms with Gasteiger partial charge in [-0.15, -0.1) is 0 Å². The minimum atomic E-state index is -3.52. The lowest BCUT2D eigenvalue weighted by Crippen LogP contribution is -2.57. The standard InChI is InChI=1S/C19H27N3O4S/c1-16-14-22(15-17(2)26-16)27(24,25)21-12-10-20(11-13-21)19(23)9-8-18-6-4-3-5-7-18/h3-9,16-17H,10-15H2,1-2H3. The Bertz CT molecular complexity index is 763. The van der Waals surface area contributed by atoms with Crippen LogP contribution in [0.3, 0.4) is 0 Å². The number of amides is 1. The first kappa shape index (κ1) is 20.0. The maximum Gasteiger partial charge on any atom is 0.282 e. The Kier molecular flexibility index (Phi) is 6.31. The molecule has 0 bridgehead atoms. The van der Waals surface area contributed by atoms with E-state index in [9.17, 15) is 13.2 Å². The fourth-order valence-corrected chi connectivity index (χ4v) is 5.21. The summed E-state index contributed by atoms with van der Waals surface area (Å²) in [5.74, 6) is -0.0930. The van der Waals surface area contributed by atoms with Crippen molar-refractivity contribution in [2.45, 2.75) is 26.1 Å². The van der Waals surface area contributed by atoms with Crippen LogP contribution in [0.15, 0.2) is 36.4 Å². The average Bonchev–Trinajstić information content (AvgIpc) is 2.66. The zero-order valence-corrected chi connectivity index (χ0v) is 16.6. The molecule has 8 heteroatoms. The lowest BCUT2D eigenvalue weighted by molar-refractivity contribution is -0.127. The summed E-state index contributed by atoms with van der Waals surface area (Å²) < 4.78 is 34.4. The summed E-state index contributed by atoms with van der Waals surface area (Å²) in [5, 5.41) is 0. The fourth-order valence-electron chi connectivity index (χ4n) is 3.46. The van der Waals surface area contributed by atoms with Gasteiger partial charge in [0.05, 0.1) is 12.2 Å². The second-order valence-corrected chi connectivity index (χ2v) is 8.98. The van der Waals surface area contributed by atoms with Crippen LogP contribution in [0, 0.1) is 0 Å². The molecule has 148 valence electrons. The molecule has 0 radical (unpaired) electrons.